The van der Waals surface area contributed by atoms with Gasteiger partial charge in [0.2, 0.25) is 0 Å². The number of nitrogens with zero attached hydrogens (tertiary/aromatic N) is 1. The molecule has 2 atom stereocenters. The zero-order valence-electron chi connectivity index (χ0n) is 12.6. The highest BCUT2D eigenvalue weighted by Crippen LogP contribution is 2.29. The summed E-state index contributed by atoms with van der Waals surface area (Å²) in [6.45, 7) is 4.96. The fourth-order valence-electron chi connectivity index (χ4n) is 2.87. The van der Waals surface area contributed by atoms with Crippen molar-refractivity contribution in [2.24, 2.45) is 5.92 Å². The van der Waals surface area contributed by atoms with Crippen LogP contribution in [-0.2, 0) is 6.54 Å². The highest BCUT2D eigenvalue weighted by molar-refractivity contribution is 7.98. The average Bonchev–Trinajstić information content (AvgIpc) is 2.47. The number of ether oxygens (including phenoxy) is 1. The van der Waals surface area contributed by atoms with Crippen LogP contribution in [0.2, 0.25) is 0 Å². The Labute approximate surface area is 126 Å². The van der Waals surface area contributed by atoms with Gasteiger partial charge in [-0.1, -0.05) is 6.07 Å². The smallest absolute Gasteiger partial charge is 0.132 e. The second kappa shape index (κ2) is 7.34. The maximum Gasteiger partial charge on any atom is 0.132 e. The quantitative estimate of drug-likeness (QED) is 0.847. The van der Waals surface area contributed by atoms with Crippen LogP contribution in [0.3, 0.4) is 0 Å². The zero-order valence-corrected chi connectivity index (χ0v) is 13.4. The number of hydrogen-bond acceptors (Lipinski definition) is 4. The number of aliphatic hydroxyl groups is 1. The summed E-state index contributed by atoms with van der Waals surface area (Å²) in [4.78, 5) is 3.62. The van der Waals surface area contributed by atoms with E-state index in [0.29, 0.717) is 5.92 Å². The molecule has 2 unspecified atom stereocenters. The Balaban J connectivity index is 2.02. The fourth-order valence-corrected chi connectivity index (χ4v) is 3.41. The van der Waals surface area contributed by atoms with Crippen molar-refractivity contribution < 1.29 is 9.84 Å². The Kier molecular flexibility index (Phi) is 5.75. The molecule has 1 fully saturated rings. The Hall–Kier alpha value is -0.710. The van der Waals surface area contributed by atoms with Crippen molar-refractivity contribution in [2.75, 3.05) is 26.5 Å². The molecule has 1 aliphatic rings. The van der Waals surface area contributed by atoms with E-state index in [1.54, 1.807) is 18.9 Å². The fraction of sp³-hybridized carbons (Fsp3) is 0.625. The number of aliphatic hydroxyl groups excluding tert-OH is 1. The molecule has 1 aromatic rings. The first kappa shape index (κ1) is 15.7. The molecular weight excluding hydrogens is 270 g/mol. The molecule has 0 spiro atoms. The van der Waals surface area contributed by atoms with Crippen LogP contribution in [0.5, 0.6) is 5.75 Å². The highest BCUT2D eigenvalue weighted by Gasteiger charge is 2.23. The molecule has 0 aliphatic carbocycles. The van der Waals surface area contributed by atoms with Gasteiger partial charge in [0.25, 0.3) is 0 Å². The topological polar surface area (TPSA) is 32.7 Å². The van der Waals surface area contributed by atoms with Crippen LogP contribution in [0.25, 0.3) is 0 Å². The van der Waals surface area contributed by atoms with Gasteiger partial charge in [-0.2, -0.15) is 0 Å². The van der Waals surface area contributed by atoms with Gasteiger partial charge in [-0.05, 0) is 56.2 Å². The lowest BCUT2D eigenvalue weighted by Crippen LogP contribution is -2.39. The third-order valence-electron chi connectivity index (χ3n) is 4.08. The molecule has 112 valence electrons. The molecule has 0 radical (unpaired) electrons. The van der Waals surface area contributed by atoms with Crippen LogP contribution in [0.15, 0.2) is 23.1 Å². The summed E-state index contributed by atoms with van der Waals surface area (Å²) in [7, 11) is 1.73. The van der Waals surface area contributed by atoms with Crippen LogP contribution >= 0.6 is 11.8 Å². The van der Waals surface area contributed by atoms with E-state index >= 15 is 0 Å². The lowest BCUT2D eigenvalue weighted by Gasteiger charge is -2.34. The molecule has 1 aromatic carbocycles. The van der Waals surface area contributed by atoms with E-state index in [1.165, 1.54) is 16.9 Å². The average molecular weight is 295 g/mol. The first-order chi connectivity index (χ1) is 9.63. The summed E-state index contributed by atoms with van der Waals surface area (Å²) >= 11 is 1.71. The lowest BCUT2D eigenvalue weighted by molar-refractivity contribution is 0.0599. The highest BCUT2D eigenvalue weighted by atomic mass is 32.2. The summed E-state index contributed by atoms with van der Waals surface area (Å²) in [6.07, 6.45) is 4.18. The standard InChI is InChI=1S/C16H25NO2S/c1-12(18)14-5-4-8-17(11-14)10-13-6-7-16(20-3)15(9-13)19-2/h6-7,9,12,14,18H,4-5,8,10-11H2,1-3H3. The predicted molar refractivity (Wildman–Crippen MR) is 84.5 cm³/mol. The third-order valence-corrected chi connectivity index (χ3v) is 4.86. The van der Waals surface area contributed by atoms with Crippen molar-refractivity contribution in [3.05, 3.63) is 23.8 Å². The van der Waals surface area contributed by atoms with Gasteiger partial charge in [0.1, 0.15) is 5.75 Å². The summed E-state index contributed by atoms with van der Waals surface area (Å²) < 4.78 is 5.45. The Morgan fingerprint density at radius 3 is 2.95 bits per heavy atom. The minimum atomic E-state index is -0.203. The predicted octanol–water partition coefficient (Wildman–Crippen LogP) is 3.01. The van der Waals surface area contributed by atoms with E-state index in [9.17, 15) is 5.11 Å². The Morgan fingerprint density at radius 2 is 2.30 bits per heavy atom. The maximum atomic E-state index is 9.76. The second-order valence-corrected chi connectivity index (χ2v) is 6.42. The molecule has 1 heterocycles. The molecule has 3 nitrogen and oxygen atoms in total. The largest absolute Gasteiger partial charge is 0.496 e. The number of benzene rings is 1. The minimum absolute atomic E-state index is 0.203. The molecule has 0 amide bonds. The van der Waals surface area contributed by atoms with Crippen molar-refractivity contribution in [3.63, 3.8) is 0 Å². The lowest BCUT2D eigenvalue weighted by atomic mass is 9.93. The number of methoxy groups -OCH3 is 1. The van der Waals surface area contributed by atoms with Gasteiger partial charge in [0, 0.05) is 18.0 Å². The first-order valence-corrected chi connectivity index (χ1v) is 8.48. The van der Waals surface area contributed by atoms with E-state index in [4.69, 9.17) is 4.74 Å². The first-order valence-electron chi connectivity index (χ1n) is 7.25. The molecule has 1 N–H and O–H groups in total. The van der Waals surface area contributed by atoms with E-state index in [2.05, 4.69) is 29.4 Å². The van der Waals surface area contributed by atoms with Crippen LogP contribution in [0.1, 0.15) is 25.3 Å². The van der Waals surface area contributed by atoms with E-state index in [1.807, 2.05) is 6.92 Å². The monoisotopic (exact) mass is 295 g/mol. The number of hydrogen-bond donors (Lipinski definition) is 1. The molecule has 1 aliphatic heterocycles. The summed E-state index contributed by atoms with van der Waals surface area (Å²) in [6, 6.07) is 6.45. The Bertz CT molecular complexity index is 436. The van der Waals surface area contributed by atoms with Gasteiger partial charge in [-0.3, -0.25) is 4.90 Å². The van der Waals surface area contributed by atoms with Crippen molar-refractivity contribution >= 4 is 11.8 Å². The molecule has 1 saturated heterocycles. The van der Waals surface area contributed by atoms with Gasteiger partial charge in [0.15, 0.2) is 0 Å². The van der Waals surface area contributed by atoms with Crippen LogP contribution in [-0.4, -0.2) is 42.6 Å². The number of rotatable bonds is 5. The summed E-state index contributed by atoms with van der Waals surface area (Å²) in [5.74, 6) is 1.37. The normalized spacial score (nSPS) is 21.7. The SMILES string of the molecule is COc1cc(CN2CCCC(C(C)O)C2)ccc1SC. The molecule has 0 aromatic heterocycles. The van der Waals surface area contributed by atoms with Crippen molar-refractivity contribution in [1.82, 2.24) is 4.90 Å². The summed E-state index contributed by atoms with van der Waals surface area (Å²) in [5, 5.41) is 9.76. The minimum Gasteiger partial charge on any atom is -0.496 e. The third kappa shape index (κ3) is 3.90. The van der Waals surface area contributed by atoms with Gasteiger partial charge in [0.05, 0.1) is 13.2 Å². The maximum absolute atomic E-state index is 9.76. The number of piperidine rings is 1. The number of likely N-dealkylation sites (tertiary alicyclic amines) is 1. The molecular formula is C16H25NO2S. The van der Waals surface area contributed by atoms with Crippen molar-refractivity contribution in [1.29, 1.82) is 0 Å². The van der Waals surface area contributed by atoms with Gasteiger partial charge in [-0.15, -0.1) is 11.8 Å². The van der Waals surface area contributed by atoms with Crippen molar-refractivity contribution in [3.8, 4) is 5.75 Å². The van der Waals surface area contributed by atoms with E-state index in [0.717, 1.165) is 31.8 Å². The van der Waals surface area contributed by atoms with Crippen LogP contribution in [0, 0.1) is 5.92 Å². The molecule has 0 bridgehead atoms. The van der Waals surface area contributed by atoms with Gasteiger partial charge in [-0.25, -0.2) is 0 Å². The summed E-state index contributed by atoms with van der Waals surface area (Å²) in [5.41, 5.74) is 1.28. The van der Waals surface area contributed by atoms with Gasteiger partial charge < -0.3 is 9.84 Å². The van der Waals surface area contributed by atoms with Crippen LogP contribution in [0.4, 0.5) is 0 Å². The van der Waals surface area contributed by atoms with E-state index < -0.39 is 0 Å². The molecule has 4 heteroatoms. The van der Waals surface area contributed by atoms with E-state index in [-0.39, 0.29) is 6.10 Å². The number of thioether (sulfide) groups is 1. The molecule has 2 rings (SSSR count). The second-order valence-electron chi connectivity index (χ2n) is 5.57. The Morgan fingerprint density at radius 1 is 1.50 bits per heavy atom. The molecule has 20 heavy (non-hydrogen) atoms. The van der Waals surface area contributed by atoms with Gasteiger partial charge >= 0.3 is 0 Å². The zero-order chi connectivity index (χ0) is 14.5. The molecule has 0 saturated carbocycles. The van der Waals surface area contributed by atoms with Crippen LogP contribution < -0.4 is 4.74 Å². The van der Waals surface area contributed by atoms with Crippen molar-refractivity contribution in [2.45, 2.75) is 37.3 Å².